The first-order valence-corrected chi connectivity index (χ1v) is 8.29. The van der Waals surface area contributed by atoms with Gasteiger partial charge in [0.15, 0.2) is 5.79 Å². The zero-order chi connectivity index (χ0) is 12.8. The van der Waals surface area contributed by atoms with E-state index in [1.54, 1.807) is 11.4 Å². The molecule has 3 fully saturated rings. The second-order valence-corrected chi connectivity index (χ2v) is 7.87. The van der Waals surface area contributed by atoms with E-state index in [2.05, 4.69) is 0 Å². The number of hydrogen-bond donors (Lipinski definition) is 0. The van der Waals surface area contributed by atoms with Gasteiger partial charge in [0.2, 0.25) is 10.0 Å². The normalized spacial score (nSPS) is 29.2. The number of ether oxygens (including phenoxy) is 2. The summed E-state index contributed by atoms with van der Waals surface area (Å²) in [6.07, 6.45) is 4.94. The van der Waals surface area contributed by atoms with Gasteiger partial charge in [-0.1, -0.05) is 0 Å². The van der Waals surface area contributed by atoms with Gasteiger partial charge >= 0.3 is 0 Å². The average molecular weight is 275 g/mol. The Labute approximate surface area is 108 Å². The number of rotatable bonds is 3. The van der Waals surface area contributed by atoms with Crippen molar-refractivity contribution in [3.05, 3.63) is 0 Å². The van der Waals surface area contributed by atoms with Crippen molar-refractivity contribution in [2.24, 2.45) is 0 Å². The van der Waals surface area contributed by atoms with E-state index >= 15 is 0 Å². The van der Waals surface area contributed by atoms with Crippen LogP contribution in [-0.4, -0.2) is 50.1 Å². The number of nitrogens with zero attached hydrogens (tertiary/aromatic N) is 1. The third-order valence-electron chi connectivity index (χ3n) is 4.39. The van der Waals surface area contributed by atoms with Gasteiger partial charge in [-0.3, -0.25) is 0 Å². The Kier molecular flexibility index (Phi) is 3.17. The van der Waals surface area contributed by atoms with Crippen LogP contribution in [0.15, 0.2) is 0 Å². The van der Waals surface area contributed by atoms with Crippen molar-refractivity contribution in [1.82, 2.24) is 4.31 Å². The molecule has 1 spiro atoms. The van der Waals surface area contributed by atoms with Crippen molar-refractivity contribution in [2.45, 2.75) is 55.6 Å². The van der Waals surface area contributed by atoms with Crippen molar-refractivity contribution in [1.29, 1.82) is 0 Å². The number of hydrogen-bond acceptors (Lipinski definition) is 4. The molecule has 104 valence electrons. The molecular weight excluding hydrogens is 254 g/mol. The Morgan fingerprint density at radius 2 is 1.61 bits per heavy atom. The molecule has 0 bridgehead atoms. The molecule has 0 aromatic carbocycles. The van der Waals surface area contributed by atoms with Crippen molar-refractivity contribution in [3.63, 3.8) is 0 Å². The lowest BCUT2D eigenvalue weighted by atomic mass is 9.90. The van der Waals surface area contributed by atoms with Crippen LogP contribution in [0.25, 0.3) is 0 Å². The first-order valence-electron chi connectivity index (χ1n) is 6.78. The third kappa shape index (κ3) is 2.19. The summed E-state index contributed by atoms with van der Waals surface area (Å²) in [6, 6.07) is 0.119. The van der Waals surface area contributed by atoms with Gasteiger partial charge in [-0.05, 0) is 25.7 Å². The van der Waals surface area contributed by atoms with Crippen LogP contribution >= 0.6 is 0 Å². The molecule has 6 heteroatoms. The van der Waals surface area contributed by atoms with Crippen LogP contribution in [0.3, 0.4) is 0 Å². The predicted molar refractivity (Wildman–Crippen MR) is 66.6 cm³/mol. The van der Waals surface area contributed by atoms with Gasteiger partial charge in [-0.2, -0.15) is 0 Å². The van der Waals surface area contributed by atoms with E-state index in [1.165, 1.54) is 0 Å². The van der Waals surface area contributed by atoms with Crippen LogP contribution in [0.4, 0.5) is 0 Å². The van der Waals surface area contributed by atoms with Crippen LogP contribution in [0.2, 0.25) is 0 Å². The van der Waals surface area contributed by atoms with Crippen molar-refractivity contribution >= 4 is 10.0 Å². The highest BCUT2D eigenvalue weighted by Gasteiger charge is 2.45. The minimum absolute atomic E-state index is 0.114. The van der Waals surface area contributed by atoms with Crippen molar-refractivity contribution in [2.75, 3.05) is 20.3 Å². The average Bonchev–Trinajstić information content (AvgIpc) is 3.14. The molecule has 2 aliphatic carbocycles. The zero-order valence-corrected chi connectivity index (χ0v) is 11.6. The fraction of sp³-hybridized carbons (Fsp3) is 1.00. The predicted octanol–water partition coefficient (Wildman–Crippen LogP) is 1.10. The molecule has 0 unspecified atom stereocenters. The topological polar surface area (TPSA) is 55.8 Å². The highest BCUT2D eigenvalue weighted by Crippen LogP contribution is 2.39. The molecule has 1 saturated heterocycles. The smallest absolute Gasteiger partial charge is 0.216 e. The highest BCUT2D eigenvalue weighted by molar-refractivity contribution is 7.90. The molecule has 0 atom stereocenters. The standard InChI is InChI=1S/C12H21NO4S/c1-13(18(14,15)11-2-3-11)10-4-6-12(7-5-10)16-8-9-17-12/h10-11H,2-9H2,1H3. The molecule has 0 amide bonds. The lowest BCUT2D eigenvalue weighted by molar-refractivity contribution is -0.181. The van der Waals surface area contributed by atoms with Gasteiger partial charge in [0.1, 0.15) is 0 Å². The summed E-state index contributed by atoms with van der Waals surface area (Å²) in [6.45, 7) is 1.34. The summed E-state index contributed by atoms with van der Waals surface area (Å²) >= 11 is 0. The first kappa shape index (κ1) is 12.8. The Morgan fingerprint density at radius 3 is 2.11 bits per heavy atom. The molecule has 18 heavy (non-hydrogen) atoms. The molecule has 0 N–H and O–H groups in total. The maximum atomic E-state index is 12.2. The first-order chi connectivity index (χ1) is 8.54. The monoisotopic (exact) mass is 275 g/mol. The molecule has 3 rings (SSSR count). The molecule has 0 aromatic rings. The Morgan fingerprint density at radius 1 is 1.06 bits per heavy atom. The van der Waals surface area contributed by atoms with Gasteiger partial charge in [-0.15, -0.1) is 0 Å². The summed E-state index contributed by atoms with van der Waals surface area (Å²) in [5.74, 6) is -0.402. The van der Waals surface area contributed by atoms with E-state index < -0.39 is 15.8 Å². The second-order valence-electron chi connectivity index (χ2n) is 5.60. The van der Waals surface area contributed by atoms with Crippen LogP contribution < -0.4 is 0 Å². The van der Waals surface area contributed by atoms with Gasteiger partial charge in [0.25, 0.3) is 0 Å². The third-order valence-corrected chi connectivity index (χ3v) is 6.81. The molecule has 0 aromatic heterocycles. The van der Waals surface area contributed by atoms with E-state index in [-0.39, 0.29) is 11.3 Å². The molecule has 1 heterocycles. The van der Waals surface area contributed by atoms with Crippen LogP contribution in [0.5, 0.6) is 0 Å². The summed E-state index contributed by atoms with van der Waals surface area (Å²) in [4.78, 5) is 0. The largest absolute Gasteiger partial charge is 0.348 e. The summed E-state index contributed by atoms with van der Waals surface area (Å²) in [5.41, 5.74) is 0. The van der Waals surface area contributed by atoms with Crippen LogP contribution in [0.1, 0.15) is 38.5 Å². The molecule has 1 aliphatic heterocycles. The van der Waals surface area contributed by atoms with E-state index in [0.29, 0.717) is 13.2 Å². The van der Waals surface area contributed by atoms with Crippen LogP contribution in [0, 0.1) is 0 Å². The minimum atomic E-state index is -3.05. The maximum Gasteiger partial charge on any atom is 0.216 e. The van der Waals surface area contributed by atoms with Gasteiger partial charge in [0.05, 0.1) is 18.5 Å². The molecule has 5 nitrogen and oxygen atoms in total. The zero-order valence-electron chi connectivity index (χ0n) is 10.8. The lowest BCUT2D eigenvalue weighted by Gasteiger charge is -2.38. The molecular formula is C12H21NO4S. The van der Waals surface area contributed by atoms with Gasteiger partial charge < -0.3 is 9.47 Å². The Hall–Kier alpha value is -0.170. The minimum Gasteiger partial charge on any atom is -0.348 e. The van der Waals surface area contributed by atoms with Crippen LogP contribution in [-0.2, 0) is 19.5 Å². The summed E-state index contributed by atoms with van der Waals surface area (Å²) in [7, 11) is -1.32. The van der Waals surface area contributed by atoms with E-state index in [9.17, 15) is 8.42 Å². The SMILES string of the molecule is CN(C1CCC2(CC1)OCCO2)S(=O)(=O)C1CC1. The second kappa shape index (κ2) is 4.44. The molecule has 0 radical (unpaired) electrons. The van der Waals surface area contributed by atoms with Crippen molar-refractivity contribution < 1.29 is 17.9 Å². The maximum absolute atomic E-state index is 12.2. The summed E-state index contributed by atoms with van der Waals surface area (Å²) < 4.78 is 37.3. The quantitative estimate of drug-likeness (QED) is 0.774. The molecule has 3 aliphatic rings. The fourth-order valence-corrected chi connectivity index (χ4v) is 4.83. The fourth-order valence-electron chi connectivity index (χ4n) is 3.00. The number of sulfonamides is 1. The molecule has 2 saturated carbocycles. The van der Waals surface area contributed by atoms with E-state index in [4.69, 9.17) is 9.47 Å². The Balaban J connectivity index is 1.62. The van der Waals surface area contributed by atoms with E-state index in [1.807, 2.05) is 0 Å². The lowest BCUT2D eigenvalue weighted by Crippen LogP contribution is -2.45. The Bertz CT molecular complexity index is 402. The van der Waals surface area contributed by atoms with E-state index in [0.717, 1.165) is 38.5 Å². The highest BCUT2D eigenvalue weighted by atomic mass is 32.2. The van der Waals surface area contributed by atoms with Gasteiger partial charge in [0, 0.05) is 25.9 Å². The van der Waals surface area contributed by atoms with Crippen molar-refractivity contribution in [3.8, 4) is 0 Å². The van der Waals surface area contributed by atoms with Gasteiger partial charge in [-0.25, -0.2) is 12.7 Å². The summed E-state index contributed by atoms with van der Waals surface area (Å²) in [5, 5.41) is -0.114.